The molecule has 50 heavy (non-hydrogen) atoms. The summed E-state index contributed by atoms with van der Waals surface area (Å²) < 4.78 is 8.65. The van der Waals surface area contributed by atoms with E-state index >= 15 is 0 Å². The van der Waals surface area contributed by atoms with Gasteiger partial charge in [-0.25, -0.2) is 4.98 Å². The maximum Gasteiger partial charge on any atom is 0.238 e. The van der Waals surface area contributed by atoms with Crippen LogP contribution in [0.3, 0.4) is 0 Å². The molecule has 0 aliphatic rings. The second-order valence-electron chi connectivity index (χ2n) is 12.5. The number of rotatable bonds is 5. The third-order valence-electron chi connectivity index (χ3n) is 9.45. The lowest BCUT2D eigenvalue weighted by Gasteiger charge is -2.13. The van der Waals surface area contributed by atoms with Gasteiger partial charge in [-0.15, -0.1) is 0 Å². The Labute approximate surface area is 287 Å². The van der Waals surface area contributed by atoms with Gasteiger partial charge < -0.3 is 4.42 Å². The topological polar surface area (TPSA) is 56.7 Å². The van der Waals surface area contributed by atoms with Gasteiger partial charge in [0, 0.05) is 32.7 Å². The Hall–Kier alpha value is -6.85. The quantitative estimate of drug-likeness (QED) is 0.188. The predicted octanol–water partition coefficient (Wildman–Crippen LogP) is 11.5. The minimum absolute atomic E-state index is 0.554. The van der Waals surface area contributed by atoms with E-state index in [-0.39, 0.29) is 0 Å². The Morgan fingerprint density at radius 3 is 1.66 bits per heavy atom. The highest BCUT2D eigenvalue weighted by Crippen LogP contribution is 2.40. The largest absolute Gasteiger partial charge is 0.456 e. The van der Waals surface area contributed by atoms with Crippen LogP contribution in [0.4, 0.5) is 0 Å². The van der Waals surface area contributed by atoms with Crippen LogP contribution in [0.15, 0.2) is 174 Å². The molecule has 0 radical (unpaired) electrons. The average Bonchev–Trinajstić information content (AvgIpc) is 3.74. The van der Waals surface area contributed by atoms with Gasteiger partial charge in [-0.3, -0.25) is 4.57 Å². The Kier molecular flexibility index (Phi) is 6.42. The van der Waals surface area contributed by atoms with E-state index in [1.54, 1.807) is 0 Å². The lowest BCUT2D eigenvalue weighted by molar-refractivity contribution is 0.669. The van der Waals surface area contributed by atoms with Gasteiger partial charge in [0.05, 0.1) is 11.0 Å². The van der Waals surface area contributed by atoms with Crippen molar-refractivity contribution in [3.8, 4) is 51.0 Å². The summed E-state index contributed by atoms with van der Waals surface area (Å²) in [4.78, 5) is 15.6. The van der Waals surface area contributed by atoms with Crippen molar-refractivity contribution in [2.24, 2.45) is 0 Å². The summed E-state index contributed by atoms with van der Waals surface area (Å²) in [6.07, 6.45) is 0. The van der Waals surface area contributed by atoms with E-state index in [1.807, 2.05) is 24.3 Å². The van der Waals surface area contributed by atoms with E-state index in [2.05, 4.69) is 150 Å². The first-order valence-electron chi connectivity index (χ1n) is 16.7. The first-order valence-corrected chi connectivity index (χ1v) is 16.7. The zero-order chi connectivity index (χ0) is 33.0. The van der Waals surface area contributed by atoms with Gasteiger partial charge in [-0.1, -0.05) is 133 Å². The Morgan fingerprint density at radius 2 is 0.940 bits per heavy atom. The zero-order valence-corrected chi connectivity index (χ0v) is 26.9. The molecular formula is C45H28N4O. The lowest BCUT2D eigenvalue weighted by atomic mass is 9.97. The number of aromatic nitrogens is 4. The molecule has 10 rings (SSSR count). The first kappa shape index (κ1) is 28.2. The van der Waals surface area contributed by atoms with Crippen molar-refractivity contribution >= 4 is 43.7 Å². The molecule has 0 spiro atoms. The maximum atomic E-state index is 6.50. The summed E-state index contributed by atoms with van der Waals surface area (Å²) in [5, 5.41) is 4.44. The number of para-hydroxylation sites is 3. The van der Waals surface area contributed by atoms with E-state index in [0.717, 1.165) is 77.1 Å². The molecule has 5 heteroatoms. The normalized spacial score (nSPS) is 11.6. The monoisotopic (exact) mass is 640 g/mol. The molecule has 0 aliphatic heterocycles. The molecule has 10 aromatic rings. The molecule has 3 aromatic heterocycles. The number of hydrogen-bond acceptors (Lipinski definition) is 4. The first-order chi connectivity index (χ1) is 24.8. The van der Waals surface area contributed by atoms with Crippen molar-refractivity contribution in [1.82, 2.24) is 19.5 Å². The number of fused-ring (bicyclic) bond motifs is 6. The number of furan rings is 1. The molecule has 0 saturated carbocycles. The van der Waals surface area contributed by atoms with Crippen LogP contribution in [0, 0.1) is 0 Å². The van der Waals surface area contributed by atoms with E-state index in [0.29, 0.717) is 17.6 Å². The van der Waals surface area contributed by atoms with E-state index in [4.69, 9.17) is 19.4 Å². The molecule has 3 heterocycles. The Morgan fingerprint density at radius 1 is 0.380 bits per heavy atom. The van der Waals surface area contributed by atoms with Crippen molar-refractivity contribution in [3.63, 3.8) is 0 Å². The molecule has 0 atom stereocenters. The fraction of sp³-hybridized carbons (Fsp3) is 0. The predicted molar refractivity (Wildman–Crippen MR) is 203 cm³/mol. The zero-order valence-electron chi connectivity index (χ0n) is 26.9. The minimum atomic E-state index is 0.554. The molecule has 0 saturated heterocycles. The average molecular weight is 641 g/mol. The molecule has 0 bridgehead atoms. The molecule has 0 aliphatic carbocycles. The van der Waals surface area contributed by atoms with Gasteiger partial charge >= 0.3 is 0 Å². The highest BCUT2D eigenvalue weighted by molar-refractivity contribution is 6.13. The summed E-state index contributed by atoms with van der Waals surface area (Å²) in [7, 11) is 0. The highest BCUT2D eigenvalue weighted by Gasteiger charge is 2.20. The number of nitrogens with zero attached hydrogens (tertiary/aromatic N) is 4. The highest BCUT2D eigenvalue weighted by atomic mass is 16.3. The number of benzene rings is 7. The second-order valence-corrected chi connectivity index (χ2v) is 12.5. The lowest BCUT2D eigenvalue weighted by Crippen LogP contribution is -2.06. The van der Waals surface area contributed by atoms with Crippen molar-refractivity contribution in [2.45, 2.75) is 0 Å². The third-order valence-corrected chi connectivity index (χ3v) is 9.45. The molecule has 234 valence electrons. The van der Waals surface area contributed by atoms with Gasteiger partial charge in [0.2, 0.25) is 5.95 Å². The summed E-state index contributed by atoms with van der Waals surface area (Å²) in [6, 6.07) is 58.5. The Balaban J connectivity index is 1.27. The van der Waals surface area contributed by atoms with E-state index < -0.39 is 0 Å². The van der Waals surface area contributed by atoms with Crippen molar-refractivity contribution in [1.29, 1.82) is 0 Å². The maximum absolute atomic E-state index is 6.50. The van der Waals surface area contributed by atoms with Crippen LogP contribution in [0.2, 0.25) is 0 Å². The molecule has 0 fully saturated rings. The van der Waals surface area contributed by atoms with Crippen molar-refractivity contribution in [2.75, 3.05) is 0 Å². The fourth-order valence-electron chi connectivity index (χ4n) is 7.16. The number of hydrogen-bond donors (Lipinski definition) is 0. The van der Waals surface area contributed by atoms with Gasteiger partial charge in [0.15, 0.2) is 11.6 Å². The molecule has 7 aromatic carbocycles. The van der Waals surface area contributed by atoms with Crippen molar-refractivity contribution in [3.05, 3.63) is 170 Å². The molecular weight excluding hydrogens is 613 g/mol. The summed E-state index contributed by atoms with van der Waals surface area (Å²) in [5.41, 5.74) is 9.84. The second kappa shape index (κ2) is 11.4. The van der Waals surface area contributed by atoms with Crippen LogP contribution < -0.4 is 0 Å². The van der Waals surface area contributed by atoms with Crippen LogP contribution in [0.1, 0.15) is 0 Å². The molecule has 0 amide bonds. The SMILES string of the molecule is c1ccc(-c2cccc(-c3nc(-c4cc(-c5ccccc5)c5c(c4)oc4ccccc45)nc(-n4c5ccccc5c5ccccc54)n3)c2)cc1. The van der Waals surface area contributed by atoms with Gasteiger partial charge in [-0.05, 0) is 58.7 Å². The van der Waals surface area contributed by atoms with Gasteiger partial charge in [-0.2, -0.15) is 9.97 Å². The van der Waals surface area contributed by atoms with Crippen LogP contribution >= 0.6 is 0 Å². The van der Waals surface area contributed by atoms with E-state index in [1.165, 1.54) is 0 Å². The molecule has 5 nitrogen and oxygen atoms in total. The van der Waals surface area contributed by atoms with Crippen molar-refractivity contribution < 1.29 is 4.42 Å². The van der Waals surface area contributed by atoms with Crippen LogP contribution in [0.25, 0.3) is 94.7 Å². The molecule has 0 unspecified atom stereocenters. The van der Waals surface area contributed by atoms with Crippen LogP contribution in [0.5, 0.6) is 0 Å². The standard InChI is InChI=1S/C45H28N4O/c1-3-14-29(15-4-1)31-18-13-19-32(26-31)43-46-44(48-45(47-43)49-38-23-10-7-20-34(38)35-21-8-11-24-39(35)49)33-27-37(30-16-5-2-6-17-30)42-36-22-9-12-25-40(36)50-41(42)28-33/h1-28H. The van der Waals surface area contributed by atoms with Crippen LogP contribution in [-0.2, 0) is 0 Å². The summed E-state index contributed by atoms with van der Waals surface area (Å²) in [6.45, 7) is 0. The van der Waals surface area contributed by atoms with E-state index in [9.17, 15) is 0 Å². The smallest absolute Gasteiger partial charge is 0.238 e. The fourth-order valence-corrected chi connectivity index (χ4v) is 7.16. The third kappa shape index (κ3) is 4.60. The summed E-state index contributed by atoms with van der Waals surface area (Å²) >= 11 is 0. The van der Waals surface area contributed by atoms with Gasteiger partial charge in [0.25, 0.3) is 0 Å². The molecule has 0 N–H and O–H groups in total. The Bertz CT molecular complexity index is 2820. The summed E-state index contributed by atoms with van der Waals surface area (Å²) in [5.74, 6) is 1.71. The minimum Gasteiger partial charge on any atom is -0.456 e. The van der Waals surface area contributed by atoms with Crippen LogP contribution in [-0.4, -0.2) is 19.5 Å². The van der Waals surface area contributed by atoms with Gasteiger partial charge in [0.1, 0.15) is 11.2 Å².